The quantitative estimate of drug-likeness (QED) is 0.501. The van der Waals surface area contributed by atoms with Crippen molar-refractivity contribution in [3.05, 3.63) is 35.4 Å². The molecule has 2 fully saturated rings. The fourth-order valence-corrected chi connectivity index (χ4v) is 3.74. The molecule has 3 rings (SSSR count). The van der Waals surface area contributed by atoms with E-state index in [0.29, 0.717) is 13.1 Å². The molecule has 2 aliphatic heterocycles. The van der Waals surface area contributed by atoms with E-state index in [1.165, 1.54) is 12.8 Å². The van der Waals surface area contributed by atoms with Crippen molar-refractivity contribution < 1.29 is 9.59 Å². The van der Waals surface area contributed by atoms with Gasteiger partial charge >= 0.3 is 0 Å². The second-order valence-corrected chi connectivity index (χ2v) is 7.93. The smallest absolute Gasteiger partial charge is 0.254 e. The van der Waals surface area contributed by atoms with E-state index in [2.05, 4.69) is 30.9 Å². The Bertz CT molecular complexity index is 671. The molecule has 0 radical (unpaired) electrons. The Balaban J connectivity index is 1.36. The minimum atomic E-state index is -0.0859. The lowest BCUT2D eigenvalue weighted by Crippen LogP contribution is -2.38. The van der Waals surface area contributed by atoms with Crippen LogP contribution in [0.25, 0.3) is 0 Å². The predicted molar refractivity (Wildman–Crippen MR) is 118 cm³/mol. The van der Waals surface area contributed by atoms with Gasteiger partial charge in [-0.2, -0.15) is 10.2 Å². The van der Waals surface area contributed by atoms with Gasteiger partial charge in [0.2, 0.25) is 0 Å². The van der Waals surface area contributed by atoms with Gasteiger partial charge in [-0.05, 0) is 63.0 Å². The predicted octanol–water partition coefficient (Wildman–Crippen LogP) is 1.56. The van der Waals surface area contributed by atoms with Crippen molar-refractivity contribution in [1.29, 1.82) is 0 Å². The van der Waals surface area contributed by atoms with Gasteiger partial charge in [0.1, 0.15) is 0 Å². The maximum atomic E-state index is 11.9. The Morgan fingerprint density at radius 2 is 1.07 bits per heavy atom. The normalized spacial score (nSPS) is 18.7. The van der Waals surface area contributed by atoms with Crippen molar-refractivity contribution in [3.63, 3.8) is 0 Å². The van der Waals surface area contributed by atoms with Crippen LogP contribution in [0.4, 0.5) is 0 Å². The van der Waals surface area contributed by atoms with Gasteiger partial charge in [-0.1, -0.05) is 37.1 Å². The topological polar surface area (TPSA) is 89.4 Å². The summed E-state index contributed by atoms with van der Waals surface area (Å²) >= 11 is 0. The molecule has 2 heterocycles. The summed E-state index contributed by atoms with van der Waals surface area (Å²) in [5, 5.41) is 8.06. The minimum Gasteiger partial charge on any atom is -0.294 e. The number of carbonyl (C=O) groups excluding carboxylic acids is 2. The van der Waals surface area contributed by atoms with Crippen LogP contribution in [0.3, 0.4) is 0 Å². The van der Waals surface area contributed by atoms with Crippen LogP contribution in [0, 0.1) is 0 Å². The van der Waals surface area contributed by atoms with Crippen molar-refractivity contribution in [2.45, 2.75) is 38.5 Å². The summed E-state index contributed by atoms with van der Waals surface area (Å²) in [6.45, 7) is 4.74. The summed E-state index contributed by atoms with van der Waals surface area (Å²) in [7, 11) is 0. The highest BCUT2D eigenvalue weighted by Gasteiger charge is 2.14. The summed E-state index contributed by atoms with van der Waals surface area (Å²) < 4.78 is 0. The Hall–Kier alpha value is -2.58. The summed E-state index contributed by atoms with van der Waals surface area (Å²) in [5.41, 5.74) is 6.92. The van der Waals surface area contributed by atoms with Crippen molar-refractivity contribution in [2.75, 3.05) is 39.3 Å². The number of carbonyl (C=O) groups is 2. The Labute approximate surface area is 178 Å². The van der Waals surface area contributed by atoms with E-state index in [0.717, 1.165) is 63.0 Å². The van der Waals surface area contributed by atoms with Gasteiger partial charge in [0.05, 0.1) is 25.5 Å². The van der Waals surface area contributed by atoms with Crippen LogP contribution in [0.15, 0.2) is 34.5 Å². The molecule has 1 aromatic rings. The van der Waals surface area contributed by atoms with Gasteiger partial charge in [-0.15, -0.1) is 0 Å². The number of nitrogens with zero attached hydrogens (tertiary/aromatic N) is 4. The molecule has 0 spiro atoms. The lowest BCUT2D eigenvalue weighted by Gasteiger charge is -2.25. The van der Waals surface area contributed by atoms with Crippen LogP contribution in [0.5, 0.6) is 0 Å². The Kier molecular flexibility index (Phi) is 8.99. The molecular weight excluding hydrogens is 380 g/mol. The number of amides is 2. The van der Waals surface area contributed by atoms with Crippen LogP contribution in [0.2, 0.25) is 0 Å². The molecule has 8 nitrogen and oxygen atoms in total. The largest absolute Gasteiger partial charge is 0.294 e. The number of hydrogen-bond donors (Lipinski definition) is 2. The maximum Gasteiger partial charge on any atom is 0.254 e. The molecule has 2 saturated heterocycles. The highest BCUT2D eigenvalue weighted by Crippen LogP contribution is 2.08. The Morgan fingerprint density at radius 3 is 1.43 bits per heavy atom. The number of benzene rings is 1. The van der Waals surface area contributed by atoms with E-state index in [4.69, 9.17) is 0 Å². The maximum absolute atomic E-state index is 11.9. The average Bonchev–Trinajstić information content (AvgIpc) is 2.76. The number of likely N-dealkylation sites (tertiary alicyclic amines) is 2. The molecule has 0 saturated carbocycles. The summed E-state index contributed by atoms with van der Waals surface area (Å²) in [6.07, 6.45) is 10.4. The van der Waals surface area contributed by atoms with Gasteiger partial charge in [0.25, 0.3) is 11.8 Å². The zero-order valence-corrected chi connectivity index (χ0v) is 17.6. The van der Waals surface area contributed by atoms with Gasteiger partial charge in [-0.25, -0.2) is 10.9 Å². The first-order chi connectivity index (χ1) is 14.7. The van der Waals surface area contributed by atoms with E-state index in [9.17, 15) is 9.59 Å². The van der Waals surface area contributed by atoms with Gasteiger partial charge in [-0.3, -0.25) is 19.4 Å². The molecule has 0 aromatic heterocycles. The molecule has 30 heavy (non-hydrogen) atoms. The third-order valence-electron chi connectivity index (χ3n) is 5.37. The molecule has 2 N–H and O–H groups in total. The molecule has 1 aromatic carbocycles. The van der Waals surface area contributed by atoms with Crippen molar-refractivity contribution in [1.82, 2.24) is 20.7 Å². The number of nitrogens with one attached hydrogen (secondary N) is 2. The standard InChI is InChI=1S/C22H32N6O2/c29-21(17-27-11-3-1-4-12-27)25-23-15-19-7-9-20(10-8-19)16-24-26-22(30)18-28-13-5-2-6-14-28/h7-10,15-16H,1-6,11-14,17-18H2,(H,25,29)(H,26,30)/b23-15+,24-16+. The highest BCUT2D eigenvalue weighted by molar-refractivity contribution is 5.86. The molecule has 8 heteroatoms. The summed E-state index contributed by atoms with van der Waals surface area (Å²) in [4.78, 5) is 28.2. The first kappa shape index (κ1) is 22.1. The molecule has 162 valence electrons. The fourth-order valence-electron chi connectivity index (χ4n) is 3.74. The fraction of sp³-hybridized carbons (Fsp3) is 0.545. The van der Waals surface area contributed by atoms with Crippen molar-refractivity contribution in [2.24, 2.45) is 10.2 Å². The SMILES string of the molecule is O=C(CN1CCCCC1)N/N=C/c1ccc(/C=N/NC(=O)CN2CCCCC2)cc1. The lowest BCUT2D eigenvalue weighted by atomic mass is 10.1. The zero-order chi connectivity index (χ0) is 21.0. The second-order valence-electron chi connectivity index (χ2n) is 7.93. The summed E-state index contributed by atoms with van der Waals surface area (Å²) in [6, 6.07) is 7.54. The van der Waals surface area contributed by atoms with E-state index >= 15 is 0 Å². The van der Waals surface area contributed by atoms with Gasteiger partial charge in [0.15, 0.2) is 0 Å². The molecular formula is C22H32N6O2. The third-order valence-corrected chi connectivity index (χ3v) is 5.37. The monoisotopic (exact) mass is 412 g/mol. The average molecular weight is 413 g/mol. The first-order valence-electron chi connectivity index (χ1n) is 10.9. The summed E-state index contributed by atoms with van der Waals surface area (Å²) in [5.74, 6) is -0.172. The third kappa shape index (κ3) is 8.04. The van der Waals surface area contributed by atoms with E-state index in [1.54, 1.807) is 12.4 Å². The molecule has 2 amide bonds. The lowest BCUT2D eigenvalue weighted by molar-refractivity contribution is -0.123. The molecule has 2 aliphatic rings. The molecule has 0 atom stereocenters. The highest BCUT2D eigenvalue weighted by atomic mass is 16.2. The number of hydrogen-bond acceptors (Lipinski definition) is 6. The van der Waals surface area contributed by atoms with Crippen LogP contribution in [-0.4, -0.2) is 73.3 Å². The van der Waals surface area contributed by atoms with Crippen molar-refractivity contribution in [3.8, 4) is 0 Å². The second kappa shape index (κ2) is 12.2. The van der Waals surface area contributed by atoms with Gasteiger partial charge in [0, 0.05) is 0 Å². The van der Waals surface area contributed by atoms with Gasteiger partial charge < -0.3 is 0 Å². The number of rotatable bonds is 8. The van der Waals surface area contributed by atoms with Crippen LogP contribution < -0.4 is 10.9 Å². The minimum absolute atomic E-state index is 0.0859. The number of hydrazone groups is 2. The first-order valence-corrected chi connectivity index (χ1v) is 10.9. The van der Waals surface area contributed by atoms with Crippen LogP contribution in [-0.2, 0) is 9.59 Å². The van der Waals surface area contributed by atoms with Crippen molar-refractivity contribution >= 4 is 24.2 Å². The van der Waals surface area contributed by atoms with E-state index < -0.39 is 0 Å². The van der Waals surface area contributed by atoms with E-state index in [1.807, 2.05) is 24.3 Å². The van der Waals surface area contributed by atoms with E-state index in [-0.39, 0.29) is 11.8 Å². The Morgan fingerprint density at radius 1 is 0.700 bits per heavy atom. The van der Waals surface area contributed by atoms with Crippen LogP contribution in [0.1, 0.15) is 49.7 Å². The molecule has 0 aliphatic carbocycles. The van der Waals surface area contributed by atoms with Crippen LogP contribution >= 0.6 is 0 Å². The number of piperidine rings is 2. The zero-order valence-electron chi connectivity index (χ0n) is 17.6. The molecule has 0 bridgehead atoms. The molecule has 0 unspecified atom stereocenters.